The first-order valence-electron chi connectivity index (χ1n) is 5.77. The van der Waals surface area contributed by atoms with Crippen LogP contribution in [0.1, 0.15) is 33.6 Å². The van der Waals surface area contributed by atoms with Crippen LogP contribution in [0.5, 0.6) is 0 Å². The Morgan fingerprint density at radius 2 is 1.93 bits per heavy atom. The lowest BCUT2D eigenvalue weighted by atomic mass is 10.0. The minimum absolute atomic E-state index is 0.749. The van der Waals surface area contributed by atoms with E-state index in [0.717, 1.165) is 25.7 Å². The molecule has 0 atom stereocenters. The van der Waals surface area contributed by atoms with Crippen LogP contribution in [0.25, 0.3) is 0 Å². The van der Waals surface area contributed by atoms with Gasteiger partial charge in [-0.05, 0) is 32.4 Å². The van der Waals surface area contributed by atoms with E-state index in [-0.39, 0.29) is 0 Å². The van der Waals surface area contributed by atoms with Crippen LogP contribution < -0.4 is 5.32 Å². The average molecular weight is 196 g/mol. The zero-order valence-corrected chi connectivity index (χ0v) is 10.1. The second-order valence-electron chi connectivity index (χ2n) is 4.37. The summed E-state index contributed by atoms with van der Waals surface area (Å²) in [6.45, 7) is 10.2. The molecular formula is C12H24N2. The molecule has 1 saturated heterocycles. The number of nitrogens with zero attached hydrogens (tertiary/aromatic N) is 1. The molecule has 82 valence electrons. The van der Waals surface area contributed by atoms with Crippen LogP contribution in [0.3, 0.4) is 0 Å². The van der Waals surface area contributed by atoms with E-state index in [2.05, 4.69) is 38.0 Å². The van der Waals surface area contributed by atoms with E-state index in [0.29, 0.717) is 0 Å². The summed E-state index contributed by atoms with van der Waals surface area (Å²) < 4.78 is 0. The Kier molecular flexibility index (Phi) is 4.63. The molecular weight excluding hydrogens is 172 g/mol. The van der Waals surface area contributed by atoms with Gasteiger partial charge in [-0.2, -0.15) is 0 Å². The van der Waals surface area contributed by atoms with Crippen molar-refractivity contribution >= 4 is 0 Å². The molecule has 0 aromatic carbocycles. The number of nitrogens with one attached hydrogen (secondary N) is 1. The second kappa shape index (κ2) is 5.52. The third-order valence-corrected chi connectivity index (χ3v) is 3.33. The number of likely N-dealkylation sites (N-methyl/N-ethyl adjacent to an activating group) is 1. The lowest BCUT2D eigenvalue weighted by Gasteiger charge is -2.29. The highest BCUT2D eigenvalue weighted by atomic mass is 15.1. The zero-order chi connectivity index (χ0) is 10.6. The lowest BCUT2D eigenvalue weighted by Crippen LogP contribution is -2.38. The fourth-order valence-corrected chi connectivity index (χ4v) is 2.08. The summed E-state index contributed by atoms with van der Waals surface area (Å²) in [6.07, 6.45) is 2.52. The summed E-state index contributed by atoms with van der Waals surface area (Å²) >= 11 is 0. The van der Waals surface area contributed by atoms with E-state index in [1.54, 1.807) is 11.1 Å². The molecule has 0 aromatic heterocycles. The van der Waals surface area contributed by atoms with Gasteiger partial charge in [-0.3, -0.25) is 4.90 Å². The Balaban J connectivity index is 2.42. The van der Waals surface area contributed by atoms with Crippen molar-refractivity contribution < 1.29 is 0 Å². The largest absolute Gasteiger partial charge is 0.309 e. The minimum Gasteiger partial charge on any atom is -0.309 e. The Morgan fingerprint density at radius 1 is 1.36 bits per heavy atom. The topological polar surface area (TPSA) is 15.3 Å². The van der Waals surface area contributed by atoms with Crippen molar-refractivity contribution in [2.45, 2.75) is 39.7 Å². The van der Waals surface area contributed by atoms with E-state index < -0.39 is 0 Å². The molecule has 14 heavy (non-hydrogen) atoms. The second-order valence-corrected chi connectivity index (χ2v) is 4.37. The van der Waals surface area contributed by atoms with Gasteiger partial charge >= 0.3 is 0 Å². The van der Waals surface area contributed by atoms with Crippen molar-refractivity contribution in [2.75, 3.05) is 26.7 Å². The molecule has 1 heterocycles. The quantitative estimate of drug-likeness (QED) is 0.677. The molecule has 0 radical (unpaired) electrons. The molecule has 2 nitrogen and oxygen atoms in total. The monoisotopic (exact) mass is 196 g/mol. The van der Waals surface area contributed by atoms with Crippen molar-refractivity contribution in [1.29, 1.82) is 0 Å². The van der Waals surface area contributed by atoms with E-state index in [1.807, 2.05) is 0 Å². The van der Waals surface area contributed by atoms with Gasteiger partial charge in [-0.1, -0.05) is 19.4 Å². The van der Waals surface area contributed by atoms with Crippen LogP contribution in [-0.4, -0.2) is 37.6 Å². The smallest absolute Gasteiger partial charge is 0.0193 e. The molecule has 1 fully saturated rings. The summed E-state index contributed by atoms with van der Waals surface area (Å²) in [7, 11) is 2.24. The molecule has 0 saturated carbocycles. The first-order chi connectivity index (χ1) is 6.69. The van der Waals surface area contributed by atoms with Gasteiger partial charge in [0.2, 0.25) is 0 Å². The first kappa shape index (κ1) is 11.7. The van der Waals surface area contributed by atoms with Crippen LogP contribution in [0, 0.1) is 0 Å². The van der Waals surface area contributed by atoms with Crippen molar-refractivity contribution in [2.24, 2.45) is 0 Å². The third kappa shape index (κ3) is 2.82. The fourth-order valence-electron chi connectivity index (χ4n) is 2.08. The van der Waals surface area contributed by atoms with Gasteiger partial charge in [-0.25, -0.2) is 0 Å². The molecule has 1 rings (SSSR count). The van der Waals surface area contributed by atoms with Gasteiger partial charge in [0, 0.05) is 25.7 Å². The number of hydrogen-bond donors (Lipinski definition) is 1. The van der Waals surface area contributed by atoms with Gasteiger partial charge in [0.15, 0.2) is 0 Å². The standard InChI is InChI=1S/C12H24N2/c1-5-12(6-2)14(4)9-10(3)11-7-13-8-11/h12-13H,5-9H2,1-4H3. The van der Waals surface area contributed by atoms with Gasteiger partial charge in [-0.15, -0.1) is 0 Å². The summed E-state index contributed by atoms with van der Waals surface area (Å²) in [5.41, 5.74) is 3.18. The molecule has 0 aromatic rings. The summed E-state index contributed by atoms with van der Waals surface area (Å²) in [5.74, 6) is 0. The molecule has 0 unspecified atom stereocenters. The Bertz CT molecular complexity index is 198. The van der Waals surface area contributed by atoms with E-state index in [9.17, 15) is 0 Å². The normalized spacial score (nSPS) is 16.3. The molecule has 0 amide bonds. The van der Waals surface area contributed by atoms with Gasteiger partial charge in [0.05, 0.1) is 0 Å². The minimum atomic E-state index is 0.749. The lowest BCUT2D eigenvalue weighted by molar-refractivity contribution is 0.246. The van der Waals surface area contributed by atoms with Crippen molar-refractivity contribution in [3.05, 3.63) is 11.1 Å². The highest BCUT2D eigenvalue weighted by Gasteiger charge is 2.15. The SMILES string of the molecule is CCC(CC)N(C)CC(C)=C1CNC1. The molecule has 0 aliphatic carbocycles. The maximum Gasteiger partial charge on any atom is 0.0193 e. The van der Waals surface area contributed by atoms with E-state index >= 15 is 0 Å². The predicted molar refractivity (Wildman–Crippen MR) is 62.6 cm³/mol. The number of hydrogen-bond acceptors (Lipinski definition) is 2. The van der Waals surface area contributed by atoms with E-state index in [4.69, 9.17) is 0 Å². The highest BCUT2D eigenvalue weighted by molar-refractivity contribution is 5.22. The van der Waals surface area contributed by atoms with E-state index in [1.165, 1.54) is 12.8 Å². The van der Waals surface area contributed by atoms with Gasteiger partial charge in [0.1, 0.15) is 0 Å². The Hall–Kier alpha value is -0.340. The van der Waals surface area contributed by atoms with Crippen LogP contribution in [0.4, 0.5) is 0 Å². The Labute approximate surface area is 88.4 Å². The summed E-state index contributed by atoms with van der Waals surface area (Å²) in [4.78, 5) is 2.49. The molecule has 0 spiro atoms. The highest BCUT2D eigenvalue weighted by Crippen LogP contribution is 2.13. The van der Waals surface area contributed by atoms with Crippen LogP contribution >= 0.6 is 0 Å². The predicted octanol–water partition coefficient (Wildman–Crippen LogP) is 2.03. The van der Waals surface area contributed by atoms with Crippen LogP contribution in [0.15, 0.2) is 11.1 Å². The summed E-state index contributed by atoms with van der Waals surface area (Å²) in [5, 5.41) is 3.30. The van der Waals surface area contributed by atoms with Gasteiger partial charge in [0.25, 0.3) is 0 Å². The van der Waals surface area contributed by atoms with Crippen molar-refractivity contribution in [1.82, 2.24) is 10.2 Å². The van der Waals surface area contributed by atoms with Crippen LogP contribution in [0.2, 0.25) is 0 Å². The molecule has 1 N–H and O–H groups in total. The van der Waals surface area contributed by atoms with Crippen LogP contribution in [-0.2, 0) is 0 Å². The third-order valence-electron chi connectivity index (χ3n) is 3.33. The zero-order valence-electron chi connectivity index (χ0n) is 10.1. The van der Waals surface area contributed by atoms with Crippen molar-refractivity contribution in [3.63, 3.8) is 0 Å². The molecule has 0 bridgehead atoms. The van der Waals surface area contributed by atoms with Crippen molar-refractivity contribution in [3.8, 4) is 0 Å². The Morgan fingerprint density at radius 3 is 2.29 bits per heavy atom. The molecule has 1 aliphatic rings. The van der Waals surface area contributed by atoms with Gasteiger partial charge < -0.3 is 5.32 Å². The summed E-state index contributed by atoms with van der Waals surface area (Å²) in [6, 6.07) is 0.749. The maximum atomic E-state index is 3.30. The maximum absolute atomic E-state index is 3.30. The average Bonchev–Trinajstić information content (AvgIpc) is 2.02. The first-order valence-corrected chi connectivity index (χ1v) is 5.77. The number of rotatable bonds is 5. The molecule has 2 heteroatoms. The molecule has 1 aliphatic heterocycles. The fraction of sp³-hybridized carbons (Fsp3) is 0.833.